The summed E-state index contributed by atoms with van der Waals surface area (Å²) >= 11 is 5.17. The predicted molar refractivity (Wildman–Crippen MR) is 131 cm³/mol. The zero-order valence-electron chi connectivity index (χ0n) is 19.1. The number of halogens is 1. The van der Waals surface area contributed by atoms with Crippen LogP contribution in [0.15, 0.2) is 54.6 Å². The molecule has 1 aromatic heterocycles. The molecule has 7 heteroatoms. The lowest BCUT2D eigenvalue weighted by molar-refractivity contribution is 0.138. The molecule has 1 aliphatic heterocycles. The molecule has 0 spiro atoms. The van der Waals surface area contributed by atoms with Crippen LogP contribution in [0.25, 0.3) is 16.9 Å². The number of benzene rings is 2. The Kier molecular flexibility index (Phi) is 6.23. The van der Waals surface area contributed by atoms with Gasteiger partial charge in [-0.2, -0.15) is 0 Å². The van der Waals surface area contributed by atoms with E-state index in [2.05, 4.69) is 0 Å². The van der Waals surface area contributed by atoms with E-state index in [9.17, 15) is 4.55 Å². The van der Waals surface area contributed by atoms with Crippen LogP contribution < -0.4 is 9.47 Å². The Labute approximate surface area is 197 Å². The summed E-state index contributed by atoms with van der Waals surface area (Å²) in [5.41, 5.74) is 2.66. The molecule has 3 aromatic rings. The van der Waals surface area contributed by atoms with Crippen LogP contribution in [-0.4, -0.2) is 37.0 Å². The van der Waals surface area contributed by atoms with Crippen LogP contribution in [0.1, 0.15) is 40.5 Å². The summed E-state index contributed by atoms with van der Waals surface area (Å²) in [5.74, 6) is 1.25. The van der Waals surface area contributed by atoms with Crippen molar-refractivity contribution in [2.24, 2.45) is 0 Å². The van der Waals surface area contributed by atoms with Gasteiger partial charge in [0, 0.05) is 29.5 Å². The maximum atomic E-state index is 12.9. The molecule has 2 heterocycles. The van der Waals surface area contributed by atoms with Crippen molar-refractivity contribution in [2.45, 2.75) is 56.1 Å². The number of nitrogens with zero attached hydrogens (tertiary/aromatic N) is 2. The fourth-order valence-corrected chi connectivity index (χ4v) is 6.85. The number of rotatable bonds is 5. The quantitative estimate of drug-likeness (QED) is 0.424. The highest BCUT2D eigenvalue weighted by molar-refractivity contribution is 7.94. The topological polar surface area (TPSA) is 59.3 Å². The van der Waals surface area contributed by atoms with E-state index in [1.807, 2.05) is 87.0 Å². The molecular weight excluding hydrogens is 444 g/mol. The number of methoxy groups -OCH3 is 1. The van der Waals surface area contributed by atoms with Crippen molar-refractivity contribution >= 4 is 22.8 Å². The second-order valence-corrected chi connectivity index (χ2v) is 12.6. The lowest BCUT2D eigenvalue weighted by Crippen LogP contribution is -2.55. The van der Waals surface area contributed by atoms with Crippen LogP contribution in [-0.2, 0) is 11.2 Å². The molecule has 0 aliphatic carbocycles. The van der Waals surface area contributed by atoms with E-state index in [4.69, 9.17) is 26.2 Å². The number of para-hydroxylation sites is 2. The van der Waals surface area contributed by atoms with Crippen LogP contribution in [0.5, 0.6) is 11.6 Å². The molecule has 1 fully saturated rings. The van der Waals surface area contributed by atoms with Crippen molar-refractivity contribution in [2.75, 3.05) is 7.11 Å². The average Bonchev–Trinajstić information content (AvgIpc) is 3.15. The monoisotopic (exact) mass is 472 g/mol. The van der Waals surface area contributed by atoms with Crippen molar-refractivity contribution in [1.82, 2.24) is 9.78 Å². The largest absolute Gasteiger partial charge is 0.616 e. The van der Waals surface area contributed by atoms with Crippen LogP contribution in [0, 0.1) is 0 Å². The van der Waals surface area contributed by atoms with E-state index in [1.54, 1.807) is 7.11 Å². The van der Waals surface area contributed by atoms with E-state index in [0.29, 0.717) is 29.5 Å². The van der Waals surface area contributed by atoms with E-state index < -0.39 is 11.2 Å². The molecule has 0 N–H and O–H groups in total. The van der Waals surface area contributed by atoms with Gasteiger partial charge in [-0.15, -0.1) is 5.10 Å². The summed E-state index contributed by atoms with van der Waals surface area (Å²) in [5, 5.41) is 5.48. The maximum Gasteiger partial charge on any atom is 0.234 e. The van der Waals surface area contributed by atoms with Gasteiger partial charge in [-0.3, -0.25) is 0 Å². The minimum Gasteiger partial charge on any atom is -0.616 e. The lowest BCUT2D eigenvalue weighted by atomic mass is 9.95. The highest BCUT2D eigenvalue weighted by Gasteiger charge is 2.51. The van der Waals surface area contributed by atoms with Gasteiger partial charge in [0.2, 0.25) is 5.88 Å². The van der Waals surface area contributed by atoms with Crippen molar-refractivity contribution in [3.8, 4) is 28.6 Å². The van der Waals surface area contributed by atoms with Crippen molar-refractivity contribution < 1.29 is 14.0 Å². The van der Waals surface area contributed by atoms with Gasteiger partial charge in [-0.25, -0.2) is 4.68 Å². The van der Waals surface area contributed by atoms with Crippen molar-refractivity contribution in [3.05, 3.63) is 59.6 Å². The van der Waals surface area contributed by atoms with Gasteiger partial charge in [0.05, 0.1) is 12.8 Å². The Hall–Kier alpha value is -2.15. The first-order valence-corrected chi connectivity index (χ1v) is 12.2. The van der Waals surface area contributed by atoms with Gasteiger partial charge in [-0.1, -0.05) is 35.9 Å². The molecule has 0 atom stereocenters. The Bertz CT molecular complexity index is 1080. The summed E-state index contributed by atoms with van der Waals surface area (Å²) in [6.07, 6.45) is 1.35. The van der Waals surface area contributed by atoms with Crippen LogP contribution in [0.2, 0.25) is 5.02 Å². The van der Waals surface area contributed by atoms with Crippen molar-refractivity contribution in [3.63, 3.8) is 0 Å². The lowest BCUT2D eigenvalue weighted by Gasteiger charge is -2.46. The van der Waals surface area contributed by atoms with Gasteiger partial charge in [0.15, 0.2) is 0 Å². The summed E-state index contributed by atoms with van der Waals surface area (Å²) in [6.45, 7) is 8.19. The molecule has 1 aliphatic rings. The van der Waals surface area contributed by atoms with E-state index in [1.165, 1.54) is 0 Å². The normalized spacial score (nSPS) is 21.8. The van der Waals surface area contributed by atoms with Gasteiger partial charge in [0.1, 0.15) is 27.0 Å². The first-order chi connectivity index (χ1) is 15.1. The third-order valence-electron chi connectivity index (χ3n) is 5.87. The first kappa shape index (κ1) is 23.0. The van der Waals surface area contributed by atoms with Crippen molar-refractivity contribution in [1.29, 1.82) is 0 Å². The van der Waals surface area contributed by atoms with Gasteiger partial charge < -0.3 is 14.0 Å². The third kappa shape index (κ3) is 4.49. The van der Waals surface area contributed by atoms with E-state index in [0.717, 1.165) is 16.9 Å². The summed E-state index contributed by atoms with van der Waals surface area (Å²) in [7, 11) is 1.65. The van der Waals surface area contributed by atoms with Gasteiger partial charge in [0.25, 0.3) is 0 Å². The molecule has 2 aromatic carbocycles. The zero-order chi connectivity index (χ0) is 23.1. The Morgan fingerprint density at radius 3 is 2.28 bits per heavy atom. The summed E-state index contributed by atoms with van der Waals surface area (Å²) < 4.78 is 26.1. The van der Waals surface area contributed by atoms with E-state index >= 15 is 0 Å². The fourth-order valence-electron chi connectivity index (χ4n) is 4.55. The number of hydrogen-bond donors (Lipinski definition) is 0. The zero-order valence-corrected chi connectivity index (χ0v) is 20.7. The molecule has 32 heavy (non-hydrogen) atoms. The highest BCUT2D eigenvalue weighted by Crippen LogP contribution is 2.43. The van der Waals surface area contributed by atoms with Crippen LogP contribution >= 0.6 is 11.6 Å². The standard InChI is InChI=1S/C25H29ClN2O3S/c1-24(2)15-19(16-25(3,4)32(24)29)31-23-14-21(17-10-12-18(26)13-11-17)28(27-23)20-8-6-7-9-22(20)30-5/h6-14,19H,15-16H2,1-5H3. The minimum atomic E-state index is -0.939. The Morgan fingerprint density at radius 2 is 1.66 bits per heavy atom. The second-order valence-electron chi connectivity index (χ2n) is 9.39. The molecular formula is C25H29ClN2O3S. The fraction of sp³-hybridized carbons (Fsp3) is 0.400. The maximum absolute atomic E-state index is 12.9. The van der Waals surface area contributed by atoms with Gasteiger partial charge >= 0.3 is 0 Å². The summed E-state index contributed by atoms with van der Waals surface area (Å²) in [6, 6.07) is 17.3. The molecule has 0 unspecified atom stereocenters. The Morgan fingerprint density at radius 1 is 1.03 bits per heavy atom. The van der Waals surface area contributed by atoms with Crippen LogP contribution in [0.3, 0.4) is 0 Å². The van der Waals surface area contributed by atoms with Crippen LogP contribution in [0.4, 0.5) is 0 Å². The highest BCUT2D eigenvalue weighted by atomic mass is 35.5. The molecule has 0 amide bonds. The average molecular weight is 473 g/mol. The second kappa shape index (κ2) is 8.65. The molecule has 5 nitrogen and oxygen atoms in total. The first-order valence-electron chi connectivity index (χ1n) is 10.7. The molecule has 170 valence electrons. The number of hydrogen-bond acceptors (Lipinski definition) is 4. The van der Waals surface area contributed by atoms with Gasteiger partial charge in [-0.05, 0) is 63.1 Å². The Balaban J connectivity index is 1.74. The van der Waals surface area contributed by atoms with E-state index in [-0.39, 0.29) is 15.6 Å². The third-order valence-corrected chi connectivity index (χ3v) is 8.46. The smallest absolute Gasteiger partial charge is 0.234 e. The summed E-state index contributed by atoms with van der Waals surface area (Å²) in [4.78, 5) is 0. The molecule has 0 bridgehead atoms. The number of aromatic nitrogens is 2. The number of ether oxygens (including phenoxy) is 2. The molecule has 1 saturated heterocycles. The SMILES string of the molecule is COc1ccccc1-n1nc(OC2CC(C)(C)[S+]([O-])C(C)(C)C2)cc1-c1ccc(Cl)cc1. The predicted octanol–water partition coefficient (Wildman–Crippen LogP) is 6.05. The minimum absolute atomic E-state index is 0.0724. The molecule has 0 radical (unpaired) electrons. The molecule has 0 saturated carbocycles. The molecule has 4 rings (SSSR count).